The Bertz CT molecular complexity index is 1150. The van der Waals surface area contributed by atoms with Gasteiger partial charge in [0.05, 0.1) is 18.7 Å². The number of aliphatic hydroxyl groups is 1. The lowest BCUT2D eigenvalue weighted by atomic mass is 9.93. The van der Waals surface area contributed by atoms with Crippen LogP contribution in [0.4, 0.5) is 4.39 Å². The van der Waals surface area contributed by atoms with E-state index in [-0.39, 0.29) is 28.9 Å². The second-order valence-electron chi connectivity index (χ2n) is 8.16. The number of benzene rings is 1. The van der Waals surface area contributed by atoms with Gasteiger partial charge in [-0.2, -0.15) is 0 Å². The molecular formula is C25H30FN3O5. The SMILES string of the molecule is CCN(CC)CCN1C(=O)C(=O)/C(=C(/O)c2c(C)[nH]c(C(=O)OC)c2C)C1c1ccccc1F. The summed E-state index contributed by atoms with van der Waals surface area (Å²) in [7, 11) is 1.23. The van der Waals surface area contributed by atoms with Gasteiger partial charge in [-0.05, 0) is 38.6 Å². The van der Waals surface area contributed by atoms with Crippen LogP contribution in [0.25, 0.3) is 5.76 Å². The number of halogens is 1. The van der Waals surface area contributed by atoms with E-state index in [9.17, 15) is 23.9 Å². The van der Waals surface area contributed by atoms with E-state index in [0.29, 0.717) is 17.8 Å². The first-order valence-electron chi connectivity index (χ1n) is 11.2. The van der Waals surface area contributed by atoms with E-state index in [2.05, 4.69) is 9.88 Å². The number of esters is 1. The molecule has 0 aliphatic carbocycles. The molecule has 34 heavy (non-hydrogen) atoms. The van der Waals surface area contributed by atoms with Crippen molar-refractivity contribution in [2.75, 3.05) is 33.3 Å². The van der Waals surface area contributed by atoms with Gasteiger partial charge in [-0.15, -0.1) is 0 Å². The monoisotopic (exact) mass is 471 g/mol. The molecule has 1 aromatic carbocycles. The number of hydrogen-bond donors (Lipinski definition) is 2. The number of Topliss-reactive ketones (excluding diaryl/α,β-unsaturated/α-hetero) is 1. The zero-order chi connectivity index (χ0) is 25.2. The molecule has 0 bridgehead atoms. The van der Waals surface area contributed by atoms with E-state index in [1.165, 1.54) is 30.2 Å². The number of ether oxygens (including phenoxy) is 1. The van der Waals surface area contributed by atoms with Gasteiger partial charge in [0.25, 0.3) is 11.7 Å². The number of carbonyl (C=O) groups excluding carboxylic acids is 3. The summed E-state index contributed by atoms with van der Waals surface area (Å²) in [4.78, 5) is 44.6. The van der Waals surface area contributed by atoms with E-state index in [1.807, 2.05) is 13.8 Å². The molecule has 1 saturated heterocycles. The lowest BCUT2D eigenvalue weighted by molar-refractivity contribution is -0.140. The van der Waals surface area contributed by atoms with Crippen LogP contribution < -0.4 is 0 Å². The first-order valence-corrected chi connectivity index (χ1v) is 11.2. The second kappa shape index (κ2) is 10.2. The molecule has 9 heteroatoms. The average molecular weight is 472 g/mol. The molecular weight excluding hydrogens is 441 g/mol. The molecule has 3 rings (SSSR count). The summed E-state index contributed by atoms with van der Waals surface area (Å²) < 4.78 is 19.7. The van der Waals surface area contributed by atoms with Crippen molar-refractivity contribution in [3.63, 3.8) is 0 Å². The second-order valence-corrected chi connectivity index (χ2v) is 8.16. The number of likely N-dealkylation sites (N-methyl/N-ethyl adjacent to an activating group) is 1. The third-order valence-corrected chi connectivity index (χ3v) is 6.36. The minimum absolute atomic E-state index is 0.113. The van der Waals surface area contributed by atoms with Crippen molar-refractivity contribution in [2.45, 2.75) is 33.7 Å². The van der Waals surface area contributed by atoms with Gasteiger partial charge in [-0.3, -0.25) is 9.59 Å². The number of amides is 1. The van der Waals surface area contributed by atoms with E-state index in [1.54, 1.807) is 19.9 Å². The van der Waals surface area contributed by atoms with Crippen molar-refractivity contribution in [1.82, 2.24) is 14.8 Å². The maximum absolute atomic E-state index is 14.9. The Labute approximate surface area is 198 Å². The highest BCUT2D eigenvalue weighted by atomic mass is 19.1. The molecule has 8 nitrogen and oxygen atoms in total. The topological polar surface area (TPSA) is 103 Å². The van der Waals surface area contributed by atoms with Gasteiger partial charge >= 0.3 is 5.97 Å². The van der Waals surface area contributed by atoms with Gasteiger partial charge in [-0.1, -0.05) is 32.0 Å². The quantitative estimate of drug-likeness (QED) is 0.265. The number of methoxy groups -OCH3 is 1. The standard InChI is InChI=1S/C25H30FN3O5/c1-6-28(7-2)12-13-29-21(16-10-8-9-11-17(16)26)19(23(31)24(29)32)22(30)18-14(3)20(25(33)34-5)27-15(18)4/h8-11,21,27,30H,6-7,12-13H2,1-5H3/b22-19+. The largest absolute Gasteiger partial charge is 0.507 e. The number of nitrogens with zero attached hydrogens (tertiary/aromatic N) is 2. The minimum Gasteiger partial charge on any atom is -0.507 e. The predicted octanol–water partition coefficient (Wildman–Crippen LogP) is 3.32. The van der Waals surface area contributed by atoms with Gasteiger partial charge in [0.15, 0.2) is 0 Å². The molecule has 1 atom stereocenters. The molecule has 1 unspecified atom stereocenters. The van der Waals surface area contributed by atoms with E-state index < -0.39 is 35.3 Å². The lowest BCUT2D eigenvalue weighted by Crippen LogP contribution is -2.38. The summed E-state index contributed by atoms with van der Waals surface area (Å²) in [6, 6.07) is 4.78. The van der Waals surface area contributed by atoms with Crippen molar-refractivity contribution in [1.29, 1.82) is 0 Å². The van der Waals surface area contributed by atoms with Gasteiger partial charge in [0.2, 0.25) is 0 Å². The van der Waals surface area contributed by atoms with Gasteiger partial charge in [0.1, 0.15) is 17.3 Å². The Balaban J connectivity index is 2.20. The van der Waals surface area contributed by atoms with Crippen LogP contribution in [0.5, 0.6) is 0 Å². The lowest BCUT2D eigenvalue weighted by Gasteiger charge is -2.28. The van der Waals surface area contributed by atoms with Crippen molar-refractivity contribution in [3.05, 3.63) is 63.7 Å². The molecule has 0 saturated carbocycles. The molecule has 2 aromatic rings. The van der Waals surface area contributed by atoms with Gasteiger partial charge < -0.3 is 24.6 Å². The number of nitrogens with one attached hydrogen (secondary N) is 1. The number of aryl methyl sites for hydroxylation is 1. The van der Waals surface area contributed by atoms with Crippen LogP contribution in [-0.2, 0) is 14.3 Å². The van der Waals surface area contributed by atoms with Gasteiger partial charge in [-0.25, -0.2) is 9.18 Å². The van der Waals surface area contributed by atoms with Crippen molar-refractivity contribution < 1.29 is 28.6 Å². The van der Waals surface area contributed by atoms with Gasteiger partial charge in [0, 0.05) is 29.9 Å². The average Bonchev–Trinajstić information content (AvgIpc) is 3.26. The van der Waals surface area contributed by atoms with Crippen molar-refractivity contribution in [2.24, 2.45) is 0 Å². The zero-order valence-electron chi connectivity index (χ0n) is 20.1. The highest BCUT2D eigenvalue weighted by Gasteiger charge is 2.47. The summed E-state index contributed by atoms with van der Waals surface area (Å²) in [5.41, 5.74) is 1.02. The smallest absolute Gasteiger partial charge is 0.354 e. The molecule has 2 heterocycles. The molecule has 182 valence electrons. The number of rotatable bonds is 8. The van der Waals surface area contributed by atoms with Crippen LogP contribution in [0.15, 0.2) is 29.8 Å². The molecule has 1 amide bonds. The molecule has 2 N–H and O–H groups in total. The Hall–Kier alpha value is -3.46. The number of aromatic amines is 1. The normalized spacial score (nSPS) is 17.6. The summed E-state index contributed by atoms with van der Waals surface area (Å²) >= 11 is 0. The number of hydrogen-bond acceptors (Lipinski definition) is 6. The van der Waals surface area contributed by atoms with E-state index in [0.717, 1.165) is 13.1 Å². The van der Waals surface area contributed by atoms with Crippen LogP contribution in [0.1, 0.15) is 52.8 Å². The fraction of sp³-hybridized carbons (Fsp3) is 0.400. The first kappa shape index (κ1) is 25.2. The summed E-state index contributed by atoms with van der Waals surface area (Å²) in [6.07, 6.45) is 0. The number of likely N-dealkylation sites (tertiary alicyclic amines) is 1. The summed E-state index contributed by atoms with van der Waals surface area (Å²) in [5, 5.41) is 11.3. The Morgan fingerprint density at radius 3 is 2.44 bits per heavy atom. The van der Waals surface area contributed by atoms with Crippen LogP contribution in [0.3, 0.4) is 0 Å². The zero-order valence-corrected chi connectivity index (χ0v) is 20.1. The molecule has 0 spiro atoms. The summed E-state index contributed by atoms with van der Waals surface area (Å²) in [6.45, 7) is 9.37. The Morgan fingerprint density at radius 1 is 1.21 bits per heavy atom. The third-order valence-electron chi connectivity index (χ3n) is 6.36. The molecule has 1 fully saturated rings. The van der Waals surface area contributed by atoms with Crippen molar-refractivity contribution in [3.8, 4) is 0 Å². The number of aliphatic hydroxyl groups excluding tert-OH is 1. The Kier molecular flexibility index (Phi) is 7.56. The van der Waals surface area contributed by atoms with E-state index >= 15 is 0 Å². The van der Waals surface area contributed by atoms with E-state index in [4.69, 9.17) is 4.74 Å². The maximum atomic E-state index is 14.9. The molecule has 0 radical (unpaired) electrons. The highest BCUT2D eigenvalue weighted by Crippen LogP contribution is 2.41. The number of ketones is 1. The van der Waals surface area contributed by atoms with Crippen LogP contribution in [0.2, 0.25) is 0 Å². The molecule has 1 aliphatic heterocycles. The fourth-order valence-corrected chi connectivity index (χ4v) is 4.47. The maximum Gasteiger partial charge on any atom is 0.354 e. The predicted molar refractivity (Wildman–Crippen MR) is 125 cm³/mol. The Morgan fingerprint density at radius 2 is 1.85 bits per heavy atom. The number of H-pyrrole nitrogens is 1. The van der Waals surface area contributed by atoms with Crippen molar-refractivity contribution >= 4 is 23.4 Å². The molecule has 1 aromatic heterocycles. The summed E-state index contributed by atoms with van der Waals surface area (Å²) in [5.74, 6) is -3.39. The number of carbonyl (C=O) groups is 3. The first-order chi connectivity index (χ1) is 16.2. The minimum atomic E-state index is -1.10. The highest BCUT2D eigenvalue weighted by molar-refractivity contribution is 6.46. The van der Waals surface area contributed by atoms with Crippen LogP contribution in [-0.4, -0.2) is 70.8 Å². The van der Waals surface area contributed by atoms with Crippen LogP contribution >= 0.6 is 0 Å². The fourth-order valence-electron chi connectivity index (χ4n) is 4.47. The number of aromatic nitrogens is 1. The van der Waals surface area contributed by atoms with Crippen LogP contribution in [0, 0.1) is 19.7 Å². The molecule has 1 aliphatic rings. The third kappa shape index (κ3) is 4.35.